The summed E-state index contributed by atoms with van der Waals surface area (Å²) in [5, 5.41) is 0. The molecule has 0 aromatic carbocycles. The van der Waals surface area contributed by atoms with Crippen LogP contribution in [0.25, 0.3) is 0 Å². The first-order valence-corrected chi connectivity index (χ1v) is 9.88. The van der Waals surface area contributed by atoms with Gasteiger partial charge in [-0.15, -0.1) is 6.58 Å². The second-order valence-corrected chi connectivity index (χ2v) is 8.61. The predicted octanol–water partition coefficient (Wildman–Crippen LogP) is 5.79. The summed E-state index contributed by atoms with van der Waals surface area (Å²) in [7, 11) is 0. The minimum absolute atomic E-state index is 0. The van der Waals surface area contributed by atoms with Gasteiger partial charge in [-0.1, -0.05) is 25.8 Å². The van der Waals surface area contributed by atoms with Crippen LogP contribution in [-0.2, 0) is 0 Å². The third-order valence-corrected chi connectivity index (χ3v) is 7.36. The van der Waals surface area contributed by atoms with Crippen molar-refractivity contribution in [2.24, 2.45) is 35.5 Å². The van der Waals surface area contributed by atoms with Crippen molar-refractivity contribution in [2.45, 2.75) is 84.0 Å². The molecule has 0 bridgehead atoms. The SMILES string of the molecule is C=CC1CCC(C2CCC(C3CCC(C)CC3)CC2)CC1.O. The predicted molar refractivity (Wildman–Crippen MR) is 95.8 cm³/mol. The lowest BCUT2D eigenvalue weighted by Gasteiger charge is -2.41. The molecule has 1 nitrogen and oxygen atoms in total. The highest BCUT2D eigenvalue weighted by Crippen LogP contribution is 2.45. The van der Waals surface area contributed by atoms with Crippen molar-refractivity contribution in [3.05, 3.63) is 12.7 Å². The van der Waals surface area contributed by atoms with E-state index in [1.54, 1.807) is 38.5 Å². The minimum Gasteiger partial charge on any atom is -0.412 e. The Morgan fingerprint density at radius 2 is 0.909 bits per heavy atom. The van der Waals surface area contributed by atoms with E-state index in [9.17, 15) is 0 Å². The Morgan fingerprint density at radius 3 is 1.27 bits per heavy atom. The van der Waals surface area contributed by atoms with Crippen LogP contribution < -0.4 is 0 Å². The summed E-state index contributed by atoms with van der Waals surface area (Å²) in [6.45, 7) is 6.44. The molecule has 3 aliphatic rings. The number of hydrogen-bond acceptors (Lipinski definition) is 0. The summed E-state index contributed by atoms with van der Waals surface area (Å²) in [6, 6.07) is 0. The monoisotopic (exact) mass is 306 g/mol. The van der Waals surface area contributed by atoms with Crippen LogP contribution in [0, 0.1) is 35.5 Å². The molecule has 3 fully saturated rings. The Kier molecular flexibility index (Phi) is 6.99. The normalized spacial score (nSPS) is 43.1. The molecule has 0 spiro atoms. The highest BCUT2D eigenvalue weighted by molar-refractivity contribution is 4.88. The van der Waals surface area contributed by atoms with Gasteiger partial charge in [-0.2, -0.15) is 0 Å². The van der Waals surface area contributed by atoms with E-state index in [0.29, 0.717) is 0 Å². The van der Waals surface area contributed by atoms with Crippen molar-refractivity contribution < 1.29 is 5.48 Å². The molecule has 3 saturated carbocycles. The lowest BCUT2D eigenvalue weighted by Crippen LogP contribution is -2.29. The standard InChI is InChI=1S/C21H36.H2O/c1-3-17-6-10-19(11-7-17)21-14-12-20(13-15-21)18-8-4-16(2)5-9-18;/h3,16-21H,1,4-15H2,2H3;1H2. The highest BCUT2D eigenvalue weighted by atomic mass is 16.0. The molecule has 2 N–H and O–H groups in total. The first-order chi connectivity index (χ1) is 10.3. The molecule has 0 heterocycles. The Bertz CT molecular complexity index is 313. The molecule has 0 aromatic rings. The maximum absolute atomic E-state index is 3.99. The van der Waals surface area contributed by atoms with Gasteiger partial charge in [0.15, 0.2) is 0 Å². The van der Waals surface area contributed by atoms with Gasteiger partial charge in [0.05, 0.1) is 0 Å². The van der Waals surface area contributed by atoms with Crippen LogP contribution in [-0.4, -0.2) is 5.48 Å². The fourth-order valence-electron chi connectivity index (χ4n) is 5.70. The summed E-state index contributed by atoms with van der Waals surface area (Å²) < 4.78 is 0. The second kappa shape index (κ2) is 8.52. The van der Waals surface area contributed by atoms with E-state index in [1.165, 1.54) is 38.5 Å². The third kappa shape index (κ3) is 4.37. The summed E-state index contributed by atoms with van der Waals surface area (Å²) in [4.78, 5) is 0. The fourth-order valence-corrected chi connectivity index (χ4v) is 5.70. The van der Waals surface area contributed by atoms with Crippen molar-refractivity contribution >= 4 is 0 Å². The van der Waals surface area contributed by atoms with Crippen LogP contribution in [0.1, 0.15) is 84.0 Å². The van der Waals surface area contributed by atoms with Crippen molar-refractivity contribution in [3.63, 3.8) is 0 Å². The molecule has 3 rings (SSSR count). The molecule has 128 valence electrons. The van der Waals surface area contributed by atoms with E-state index in [4.69, 9.17) is 0 Å². The van der Waals surface area contributed by atoms with Gasteiger partial charge in [-0.25, -0.2) is 0 Å². The molecule has 0 aromatic heterocycles. The third-order valence-electron chi connectivity index (χ3n) is 7.36. The maximum atomic E-state index is 3.99. The quantitative estimate of drug-likeness (QED) is 0.591. The Labute approximate surface area is 138 Å². The van der Waals surface area contributed by atoms with E-state index in [1.807, 2.05) is 0 Å². The summed E-state index contributed by atoms with van der Waals surface area (Å²) in [5.41, 5.74) is 0. The van der Waals surface area contributed by atoms with Gasteiger partial charge in [0, 0.05) is 0 Å². The first kappa shape index (κ1) is 18.0. The molecule has 3 aliphatic carbocycles. The largest absolute Gasteiger partial charge is 0.412 e. The summed E-state index contributed by atoms with van der Waals surface area (Å²) >= 11 is 0. The Morgan fingerprint density at radius 1 is 0.591 bits per heavy atom. The van der Waals surface area contributed by atoms with Gasteiger partial charge in [0.2, 0.25) is 0 Å². The van der Waals surface area contributed by atoms with Gasteiger partial charge in [-0.3, -0.25) is 0 Å². The number of rotatable bonds is 3. The van der Waals surface area contributed by atoms with Gasteiger partial charge in [-0.05, 0) is 99.7 Å². The average molecular weight is 307 g/mol. The fraction of sp³-hybridized carbons (Fsp3) is 0.905. The zero-order valence-corrected chi connectivity index (χ0v) is 14.7. The highest BCUT2D eigenvalue weighted by Gasteiger charge is 2.33. The van der Waals surface area contributed by atoms with E-state index < -0.39 is 0 Å². The topological polar surface area (TPSA) is 31.5 Å². The van der Waals surface area contributed by atoms with E-state index in [-0.39, 0.29) is 5.48 Å². The molecule has 0 atom stereocenters. The van der Waals surface area contributed by atoms with E-state index in [2.05, 4.69) is 19.6 Å². The van der Waals surface area contributed by atoms with Crippen molar-refractivity contribution in [1.29, 1.82) is 0 Å². The van der Waals surface area contributed by atoms with Crippen LogP contribution in [0.5, 0.6) is 0 Å². The Hall–Kier alpha value is -0.300. The molecular weight excluding hydrogens is 268 g/mol. The average Bonchev–Trinajstić information content (AvgIpc) is 2.56. The van der Waals surface area contributed by atoms with Crippen LogP contribution in [0.2, 0.25) is 0 Å². The minimum atomic E-state index is 0. The number of hydrogen-bond donors (Lipinski definition) is 0. The zero-order chi connectivity index (χ0) is 14.7. The summed E-state index contributed by atoms with van der Waals surface area (Å²) in [5.74, 6) is 6.18. The molecule has 0 amide bonds. The van der Waals surface area contributed by atoms with Crippen LogP contribution in [0.4, 0.5) is 0 Å². The molecule has 0 saturated heterocycles. The van der Waals surface area contributed by atoms with Crippen molar-refractivity contribution in [1.82, 2.24) is 0 Å². The van der Waals surface area contributed by atoms with E-state index in [0.717, 1.165) is 35.5 Å². The summed E-state index contributed by atoms with van der Waals surface area (Å²) in [6.07, 6.45) is 20.4. The molecule has 22 heavy (non-hydrogen) atoms. The zero-order valence-electron chi connectivity index (χ0n) is 14.7. The molecule has 0 aliphatic heterocycles. The second-order valence-electron chi connectivity index (χ2n) is 8.61. The maximum Gasteiger partial charge on any atom is -0.0236 e. The van der Waals surface area contributed by atoms with Gasteiger partial charge in [0.1, 0.15) is 0 Å². The Balaban J connectivity index is 0.00000176. The van der Waals surface area contributed by atoms with Crippen LogP contribution >= 0.6 is 0 Å². The van der Waals surface area contributed by atoms with Crippen molar-refractivity contribution in [2.75, 3.05) is 0 Å². The smallest absolute Gasteiger partial charge is 0.0236 e. The van der Waals surface area contributed by atoms with Gasteiger partial charge in [0.25, 0.3) is 0 Å². The lowest BCUT2D eigenvalue weighted by atomic mass is 9.65. The first-order valence-electron chi connectivity index (χ1n) is 9.88. The van der Waals surface area contributed by atoms with Gasteiger partial charge < -0.3 is 5.48 Å². The molecule has 0 unspecified atom stereocenters. The van der Waals surface area contributed by atoms with Crippen LogP contribution in [0.15, 0.2) is 12.7 Å². The molecule has 0 radical (unpaired) electrons. The molecule has 1 heteroatoms. The lowest BCUT2D eigenvalue weighted by molar-refractivity contribution is 0.110. The molecular formula is C21H38O. The number of allylic oxidation sites excluding steroid dienone is 1. The van der Waals surface area contributed by atoms with Gasteiger partial charge >= 0.3 is 0 Å². The van der Waals surface area contributed by atoms with Crippen molar-refractivity contribution in [3.8, 4) is 0 Å². The van der Waals surface area contributed by atoms with E-state index >= 15 is 0 Å². The van der Waals surface area contributed by atoms with Crippen LogP contribution in [0.3, 0.4) is 0 Å².